The first-order chi connectivity index (χ1) is 31.2. The number of allylic oxidation sites excluding steroid dienone is 18. The van der Waals surface area contributed by atoms with Crippen molar-refractivity contribution in [2.75, 3.05) is 19.8 Å². The van der Waals surface area contributed by atoms with Crippen molar-refractivity contribution < 1.29 is 19.4 Å². The van der Waals surface area contributed by atoms with Gasteiger partial charge < -0.3 is 14.6 Å². The Morgan fingerprint density at radius 2 is 0.714 bits per heavy atom. The minimum atomic E-state index is -0.561. The van der Waals surface area contributed by atoms with Gasteiger partial charge in [-0.3, -0.25) is 4.79 Å². The maximum atomic E-state index is 12.3. The van der Waals surface area contributed by atoms with E-state index in [-0.39, 0.29) is 19.2 Å². The second kappa shape index (κ2) is 55.2. The zero-order valence-electron chi connectivity index (χ0n) is 41.3. The van der Waals surface area contributed by atoms with E-state index in [1.165, 1.54) is 128 Å². The number of aliphatic hydroxyl groups is 1. The molecule has 4 nitrogen and oxygen atoms in total. The third kappa shape index (κ3) is 53.3. The fourth-order valence-corrected chi connectivity index (χ4v) is 7.16. The molecule has 0 bridgehead atoms. The highest BCUT2D eigenvalue weighted by molar-refractivity contribution is 5.69. The van der Waals surface area contributed by atoms with Crippen molar-refractivity contribution in [3.8, 4) is 0 Å². The number of carbonyl (C=O) groups is 1. The van der Waals surface area contributed by atoms with Crippen LogP contribution in [-0.4, -0.2) is 37.0 Å². The summed E-state index contributed by atoms with van der Waals surface area (Å²) in [6, 6.07) is 0. The standard InChI is InChI=1S/C59H100O4/c1-3-5-7-9-11-13-15-17-19-21-23-25-27-29-31-33-35-37-39-41-43-45-47-49-51-53-55-62-57-58(56-60)63-59(61)54-52-50-48-46-44-42-40-38-36-34-32-30-28-26-24-22-20-18-16-14-12-10-8-6-4-2/h6,8,12,14-15,17-18,20-21,23-24,26,30,32,36,38,42,44,58,60H,3-5,7,9-11,13,16,19,22,25,27-29,31,33-35,37,39-41,43,45-57H2,1-2H3/b8-6-,14-12-,17-15-,20-18-,23-21-,26-24-,32-30-,38-36-,44-42-. The number of esters is 1. The Morgan fingerprint density at radius 1 is 0.397 bits per heavy atom. The van der Waals surface area contributed by atoms with Crippen LogP contribution in [0, 0.1) is 0 Å². The van der Waals surface area contributed by atoms with Crippen LogP contribution in [0.3, 0.4) is 0 Å². The Morgan fingerprint density at radius 3 is 1.08 bits per heavy atom. The molecule has 0 aromatic rings. The molecule has 360 valence electrons. The topological polar surface area (TPSA) is 55.8 Å². The Hall–Kier alpha value is -2.95. The first-order valence-electron chi connectivity index (χ1n) is 26.5. The number of hydrogen-bond acceptors (Lipinski definition) is 4. The quantitative estimate of drug-likeness (QED) is 0.0376. The Kier molecular flexibility index (Phi) is 52.6. The molecule has 0 aromatic carbocycles. The predicted molar refractivity (Wildman–Crippen MR) is 278 cm³/mol. The van der Waals surface area contributed by atoms with Crippen LogP contribution < -0.4 is 0 Å². The van der Waals surface area contributed by atoms with Crippen molar-refractivity contribution in [3.63, 3.8) is 0 Å². The molecule has 0 fully saturated rings. The molecule has 0 aliphatic carbocycles. The molecular weight excluding hydrogens is 773 g/mol. The molecule has 1 N–H and O–H groups in total. The maximum Gasteiger partial charge on any atom is 0.306 e. The highest BCUT2D eigenvalue weighted by atomic mass is 16.6. The number of aliphatic hydroxyl groups excluding tert-OH is 1. The maximum absolute atomic E-state index is 12.3. The predicted octanol–water partition coefficient (Wildman–Crippen LogP) is 18.2. The first-order valence-corrected chi connectivity index (χ1v) is 26.5. The number of carbonyl (C=O) groups excluding carboxylic acids is 1. The third-order valence-corrected chi connectivity index (χ3v) is 11.1. The fourth-order valence-electron chi connectivity index (χ4n) is 7.16. The molecule has 0 aliphatic rings. The van der Waals surface area contributed by atoms with E-state index in [0.29, 0.717) is 13.0 Å². The summed E-state index contributed by atoms with van der Waals surface area (Å²) in [6.45, 7) is 5.19. The van der Waals surface area contributed by atoms with Gasteiger partial charge in [-0.2, -0.15) is 0 Å². The summed E-state index contributed by atoms with van der Waals surface area (Å²) in [6.07, 6.45) is 80.4. The molecule has 0 heterocycles. The van der Waals surface area contributed by atoms with Crippen LogP contribution in [0.15, 0.2) is 109 Å². The highest BCUT2D eigenvalue weighted by Gasteiger charge is 2.13. The third-order valence-electron chi connectivity index (χ3n) is 11.1. The van der Waals surface area contributed by atoms with Gasteiger partial charge in [0, 0.05) is 13.0 Å². The summed E-state index contributed by atoms with van der Waals surface area (Å²) < 4.78 is 11.2. The van der Waals surface area contributed by atoms with Gasteiger partial charge >= 0.3 is 5.97 Å². The van der Waals surface area contributed by atoms with Crippen LogP contribution in [-0.2, 0) is 14.3 Å². The van der Waals surface area contributed by atoms with Gasteiger partial charge in [-0.15, -0.1) is 0 Å². The van der Waals surface area contributed by atoms with Crippen LogP contribution in [0.5, 0.6) is 0 Å². The summed E-state index contributed by atoms with van der Waals surface area (Å²) >= 11 is 0. The van der Waals surface area contributed by atoms with E-state index in [2.05, 4.69) is 123 Å². The second-order valence-corrected chi connectivity index (χ2v) is 17.2. The molecule has 0 saturated carbocycles. The largest absolute Gasteiger partial charge is 0.457 e. The van der Waals surface area contributed by atoms with Crippen LogP contribution in [0.2, 0.25) is 0 Å². The number of rotatable bonds is 48. The van der Waals surface area contributed by atoms with Crippen molar-refractivity contribution >= 4 is 5.97 Å². The van der Waals surface area contributed by atoms with Gasteiger partial charge in [-0.25, -0.2) is 0 Å². The van der Waals surface area contributed by atoms with Gasteiger partial charge in [0.15, 0.2) is 0 Å². The zero-order chi connectivity index (χ0) is 45.5. The van der Waals surface area contributed by atoms with E-state index in [0.717, 1.165) is 83.5 Å². The van der Waals surface area contributed by atoms with E-state index in [1.54, 1.807) is 0 Å². The molecule has 0 aliphatic heterocycles. The van der Waals surface area contributed by atoms with Gasteiger partial charge in [0.05, 0.1) is 13.2 Å². The second-order valence-electron chi connectivity index (χ2n) is 17.2. The first kappa shape index (κ1) is 60.1. The molecule has 0 amide bonds. The van der Waals surface area contributed by atoms with Gasteiger partial charge in [-0.05, 0) is 103 Å². The lowest BCUT2D eigenvalue weighted by molar-refractivity contribution is -0.154. The molecule has 0 saturated heterocycles. The minimum Gasteiger partial charge on any atom is -0.457 e. The monoisotopic (exact) mass is 873 g/mol. The van der Waals surface area contributed by atoms with E-state index in [1.807, 2.05) is 0 Å². The van der Waals surface area contributed by atoms with Crippen molar-refractivity contribution in [1.29, 1.82) is 0 Å². The van der Waals surface area contributed by atoms with Gasteiger partial charge in [0.1, 0.15) is 6.10 Å². The summed E-state index contributed by atoms with van der Waals surface area (Å²) in [7, 11) is 0. The van der Waals surface area contributed by atoms with Gasteiger partial charge in [-0.1, -0.05) is 232 Å². The number of unbranched alkanes of at least 4 members (excludes halogenated alkanes) is 22. The van der Waals surface area contributed by atoms with Crippen LogP contribution >= 0.6 is 0 Å². The lowest BCUT2D eigenvalue weighted by Gasteiger charge is -2.15. The zero-order valence-corrected chi connectivity index (χ0v) is 41.3. The molecular formula is C59H100O4. The van der Waals surface area contributed by atoms with Gasteiger partial charge in [0.2, 0.25) is 0 Å². The number of hydrogen-bond donors (Lipinski definition) is 1. The van der Waals surface area contributed by atoms with Crippen molar-refractivity contribution in [2.45, 2.75) is 238 Å². The van der Waals surface area contributed by atoms with Crippen LogP contribution in [0.1, 0.15) is 232 Å². The van der Waals surface area contributed by atoms with Crippen molar-refractivity contribution in [1.82, 2.24) is 0 Å². The normalized spacial score (nSPS) is 13.3. The Labute approximate surface area is 391 Å². The minimum absolute atomic E-state index is 0.192. The Balaban J connectivity index is 3.51. The van der Waals surface area contributed by atoms with E-state index in [9.17, 15) is 9.90 Å². The fraction of sp³-hybridized carbons (Fsp3) is 0.678. The van der Waals surface area contributed by atoms with Crippen LogP contribution in [0.25, 0.3) is 0 Å². The lowest BCUT2D eigenvalue weighted by Crippen LogP contribution is -2.27. The summed E-state index contributed by atoms with van der Waals surface area (Å²) in [5.74, 6) is -0.234. The molecule has 4 heteroatoms. The molecule has 0 rings (SSSR count). The summed E-state index contributed by atoms with van der Waals surface area (Å²) in [5.41, 5.74) is 0. The summed E-state index contributed by atoms with van der Waals surface area (Å²) in [4.78, 5) is 12.3. The van der Waals surface area contributed by atoms with Crippen molar-refractivity contribution in [3.05, 3.63) is 109 Å². The molecule has 0 spiro atoms. The number of ether oxygens (including phenoxy) is 2. The average Bonchev–Trinajstić information content (AvgIpc) is 3.29. The van der Waals surface area contributed by atoms with Gasteiger partial charge in [0.25, 0.3) is 0 Å². The van der Waals surface area contributed by atoms with E-state index >= 15 is 0 Å². The molecule has 1 atom stereocenters. The molecule has 0 radical (unpaired) electrons. The molecule has 63 heavy (non-hydrogen) atoms. The summed E-state index contributed by atoms with van der Waals surface area (Å²) in [5, 5.41) is 9.66. The average molecular weight is 873 g/mol. The van der Waals surface area contributed by atoms with E-state index in [4.69, 9.17) is 9.47 Å². The van der Waals surface area contributed by atoms with E-state index < -0.39 is 6.10 Å². The lowest BCUT2D eigenvalue weighted by atomic mass is 10.0. The highest BCUT2D eigenvalue weighted by Crippen LogP contribution is 2.14. The van der Waals surface area contributed by atoms with Crippen LogP contribution in [0.4, 0.5) is 0 Å². The smallest absolute Gasteiger partial charge is 0.306 e. The molecule has 0 aromatic heterocycles. The van der Waals surface area contributed by atoms with Crippen molar-refractivity contribution in [2.24, 2.45) is 0 Å². The molecule has 1 unspecified atom stereocenters. The SMILES string of the molecule is CC/C=C\C/C=C\C/C=C\C/C=C\C/C=C\C/C=C\C/C=C\CCCCCC(=O)OC(CO)COCCCCCCCCCCCCCCCC/C=C\C/C=C\CCCCCCC. The Bertz CT molecular complexity index is 1200.